The highest BCUT2D eigenvalue weighted by Crippen LogP contribution is 1.77. The Labute approximate surface area is 58.9 Å². The minimum Gasteiger partial charge on any atom is -0.377 e. The van der Waals surface area contributed by atoms with E-state index in [1.165, 1.54) is 0 Å². The van der Waals surface area contributed by atoms with Crippen LogP contribution in [0.1, 0.15) is 0 Å². The number of nitrogens with one attached hydrogen (secondary N) is 1. The molecule has 0 heterocycles. The number of rotatable bonds is 6. The van der Waals surface area contributed by atoms with Crippen LogP contribution < -0.4 is 5.84 Å². The molecule has 0 aliphatic heterocycles. The molecule has 0 radical (unpaired) electrons. The highest BCUT2D eigenvalue weighted by atomic mass is 16.5. The lowest BCUT2D eigenvalue weighted by atomic mass is 10.7. The molecule has 0 amide bonds. The molecule has 0 saturated carbocycles. The molecule has 0 aromatic carbocycles. The minimum atomic E-state index is 0.403. The van der Waals surface area contributed by atoms with Gasteiger partial charge in [0.2, 0.25) is 0 Å². The van der Waals surface area contributed by atoms with Gasteiger partial charge in [-0.1, -0.05) is 5.22 Å². The van der Waals surface area contributed by atoms with E-state index in [0.29, 0.717) is 26.3 Å². The molecule has 0 bridgehead atoms. The van der Waals surface area contributed by atoms with E-state index in [4.69, 9.17) is 16.1 Å². The predicted octanol–water partition coefficient (Wildman–Crippen LogP) is 0.360. The molecular formula is C4H11N5O. The average Bonchev–Trinajstić information content (AvgIpc) is 1.97. The van der Waals surface area contributed by atoms with Crippen molar-refractivity contribution in [2.45, 2.75) is 0 Å². The van der Waals surface area contributed by atoms with Crippen LogP contribution in [0.25, 0.3) is 0 Å². The maximum atomic E-state index is 6.40. The molecule has 0 aromatic rings. The molecule has 0 fully saturated rings. The van der Waals surface area contributed by atoms with Crippen molar-refractivity contribution in [3.63, 3.8) is 0 Å². The summed E-state index contributed by atoms with van der Waals surface area (Å²) in [6.07, 6.45) is 0. The Balaban J connectivity index is 2.83. The largest absolute Gasteiger partial charge is 0.377 e. The van der Waals surface area contributed by atoms with E-state index in [0.717, 1.165) is 0 Å². The van der Waals surface area contributed by atoms with Crippen LogP contribution in [0.2, 0.25) is 0 Å². The SMILES string of the molecule is N=NCCOCCN=NN. The summed E-state index contributed by atoms with van der Waals surface area (Å²) in [6.45, 7) is 1.81. The Morgan fingerprint density at radius 3 is 2.60 bits per heavy atom. The fraction of sp³-hybridized carbons (Fsp3) is 1.00. The maximum absolute atomic E-state index is 6.40. The van der Waals surface area contributed by atoms with Crippen molar-refractivity contribution in [1.82, 2.24) is 0 Å². The molecule has 0 aliphatic carbocycles. The van der Waals surface area contributed by atoms with Gasteiger partial charge in [0.05, 0.1) is 26.3 Å². The van der Waals surface area contributed by atoms with E-state index in [1.807, 2.05) is 0 Å². The second-order valence-corrected chi connectivity index (χ2v) is 1.47. The summed E-state index contributed by atoms with van der Waals surface area (Å²) in [7, 11) is 0. The van der Waals surface area contributed by atoms with Gasteiger partial charge in [0, 0.05) is 0 Å². The molecule has 0 atom stereocenters. The van der Waals surface area contributed by atoms with Gasteiger partial charge < -0.3 is 10.6 Å². The first-order chi connectivity index (χ1) is 4.91. The highest BCUT2D eigenvalue weighted by molar-refractivity contribution is 4.37. The van der Waals surface area contributed by atoms with Crippen molar-refractivity contribution in [2.75, 3.05) is 26.3 Å². The summed E-state index contributed by atoms with van der Waals surface area (Å²) < 4.78 is 4.95. The second kappa shape index (κ2) is 7.96. The number of hydrogen-bond donors (Lipinski definition) is 2. The number of nitrogens with two attached hydrogens (primary N) is 1. The van der Waals surface area contributed by atoms with Crippen LogP contribution in [0.5, 0.6) is 0 Å². The van der Waals surface area contributed by atoms with Gasteiger partial charge in [-0.05, 0) is 0 Å². The van der Waals surface area contributed by atoms with Gasteiger partial charge in [0.25, 0.3) is 0 Å². The number of nitrogens with zero attached hydrogens (tertiary/aromatic N) is 3. The fourth-order valence-electron chi connectivity index (χ4n) is 0.375. The van der Waals surface area contributed by atoms with E-state index in [2.05, 4.69) is 15.5 Å². The molecule has 3 N–H and O–H groups in total. The Morgan fingerprint density at radius 1 is 1.30 bits per heavy atom. The third-order valence-corrected chi connectivity index (χ3v) is 0.765. The van der Waals surface area contributed by atoms with E-state index in [-0.39, 0.29) is 0 Å². The monoisotopic (exact) mass is 145 g/mol. The van der Waals surface area contributed by atoms with E-state index < -0.39 is 0 Å². The first kappa shape index (κ1) is 8.96. The van der Waals surface area contributed by atoms with E-state index in [9.17, 15) is 0 Å². The lowest BCUT2D eigenvalue weighted by Gasteiger charge is -1.95. The van der Waals surface area contributed by atoms with Crippen LogP contribution in [0.4, 0.5) is 0 Å². The smallest absolute Gasteiger partial charge is 0.0854 e. The maximum Gasteiger partial charge on any atom is 0.0854 e. The molecular weight excluding hydrogens is 134 g/mol. The van der Waals surface area contributed by atoms with Crippen LogP contribution in [0.15, 0.2) is 15.5 Å². The quantitative estimate of drug-likeness (QED) is 0.244. The van der Waals surface area contributed by atoms with Crippen molar-refractivity contribution in [2.24, 2.45) is 21.3 Å². The van der Waals surface area contributed by atoms with Crippen LogP contribution in [0, 0.1) is 5.53 Å². The topological polar surface area (TPSA) is 96.2 Å². The summed E-state index contributed by atoms with van der Waals surface area (Å²) in [5.74, 6) is 4.72. The first-order valence-corrected chi connectivity index (χ1v) is 2.89. The Hall–Kier alpha value is -1.04. The normalized spacial score (nSPS) is 10.4. The van der Waals surface area contributed by atoms with Gasteiger partial charge >= 0.3 is 0 Å². The van der Waals surface area contributed by atoms with Gasteiger partial charge in [-0.2, -0.15) is 10.2 Å². The van der Waals surface area contributed by atoms with Gasteiger partial charge in [0.1, 0.15) is 0 Å². The summed E-state index contributed by atoms with van der Waals surface area (Å²) in [5, 5.41) is 9.61. The fourth-order valence-corrected chi connectivity index (χ4v) is 0.375. The zero-order chi connectivity index (χ0) is 7.66. The molecule has 0 saturated heterocycles. The Bertz CT molecular complexity index is 104. The molecule has 6 nitrogen and oxygen atoms in total. The summed E-state index contributed by atoms with van der Waals surface area (Å²) in [5.41, 5.74) is 6.40. The highest BCUT2D eigenvalue weighted by Gasteiger charge is 1.84. The standard InChI is InChI=1S/C4H11N5O/c5-7-1-3-10-4-2-8-9-6/h5H,1-4H2,(H2,6,8). The van der Waals surface area contributed by atoms with Gasteiger partial charge in [-0.15, -0.1) is 0 Å². The molecule has 0 rings (SSSR count). The van der Waals surface area contributed by atoms with E-state index in [1.54, 1.807) is 0 Å². The van der Waals surface area contributed by atoms with Crippen molar-refractivity contribution in [1.29, 1.82) is 5.53 Å². The number of hydrogen-bond acceptors (Lipinski definition) is 5. The Kier molecular flexibility index (Phi) is 7.13. The van der Waals surface area contributed by atoms with Crippen LogP contribution in [-0.4, -0.2) is 26.3 Å². The Morgan fingerprint density at radius 2 is 2.00 bits per heavy atom. The summed E-state index contributed by atoms with van der Waals surface area (Å²) >= 11 is 0. The summed E-state index contributed by atoms with van der Waals surface area (Å²) in [6, 6.07) is 0. The molecule has 0 aliphatic rings. The van der Waals surface area contributed by atoms with Crippen molar-refractivity contribution >= 4 is 0 Å². The lowest BCUT2D eigenvalue weighted by Crippen LogP contribution is -2.01. The molecule has 0 unspecified atom stereocenters. The molecule has 6 heteroatoms. The molecule has 0 spiro atoms. The first-order valence-electron chi connectivity index (χ1n) is 2.89. The summed E-state index contributed by atoms with van der Waals surface area (Å²) in [4.78, 5) is 0. The molecule has 58 valence electrons. The van der Waals surface area contributed by atoms with Crippen LogP contribution >= 0.6 is 0 Å². The van der Waals surface area contributed by atoms with Gasteiger partial charge in [0.15, 0.2) is 0 Å². The van der Waals surface area contributed by atoms with Crippen molar-refractivity contribution in [3.8, 4) is 0 Å². The molecule has 0 aromatic heterocycles. The number of ether oxygens (including phenoxy) is 1. The zero-order valence-corrected chi connectivity index (χ0v) is 5.66. The minimum absolute atomic E-state index is 0.403. The van der Waals surface area contributed by atoms with Gasteiger partial charge in [-0.25, -0.2) is 5.53 Å². The lowest BCUT2D eigenvalue weighted by molar-refractivity contribution is 0.147. The third-order valence-electron chi connectivity index (χ3n) is 0.765. The average molecular weight is 145 g/mol. The van der Waals surface area contributed by atoms with E-state index >= 15 is 0 Å². The van der Waals surface area contributed by atoms with Crippen molar-refractivity contribution < 1.29 is 4.74 Å². The zero-order valence-electron chi connectivity index (χ0n) is 5.66. The molecule has 10 heavy (non-hydrogen) atoms. The van der Waals surface area contributed by atoms with Crippen LogP contribution in [-0.2, 0) is 4.74 Å². The van der Waals surface area contributed by atoms with Gasteiger partial charge in [-0.3, -0.25) is 0 Å². The second-order valence-electron chi connectivity index (χ2n) is 1.47. The predicted molar refractivity (Wildman–Crippen MR) is 34.7 cm³/mol. The third kappa shape index (κ3) is 6.96. The van der Waals surface area contributed by atoms with Crippen LogP contribution in [0.3, 0.4) is 0 Å². The van der Waals surface area contributed by atoms with Crippen molar-refractivity contribution in [3.05, 3.63) is 0 Å².